The van der Waals surface area contributed by atoms with Gasteiger partial charge in [-0.05, 0) is 28.1 Å². The number of nitrogens with zero attached hydrogens (tertiary/aromatic N) is 1. The molecule has 1 aromatic rings. The Hall–Kier alpha value is -0.830. The van der Waals surface area contributed by atoms with E-state index < -0.39 is 0 Å². The van der Waals surface area contributed by atoms with E-state index in [1.54, 1.807) is 13.2 Å². The summed E-state index contributed by atoms with van der Waals surface area (Å²) in [5, 5.41) is 0. The molecule has 2 nitrogen and oxygen atoms in total. The Kier molecular flexibility index (Phi) is 3.29. The molecule has 63 valence electrons. The fourth-order valence-electron chi connectivity index (χ4n) is 0.820. The van der Waals surface area contributed by atoms with E-state index in [1.165, 1.54) is 0 Å². The minimum Gasteiger partial charge on any atom is -0.481 e. The Bertz CT molecular complexity index is 286. The van der Waals surface area contributed by atoms with Crippen LogP contribution in [0.5, 0.6) is 5.88 Å². The van der Waals surface area contributed by atoms with Crippen LogP contribution in [0.4, 0.5) is 0 Å². The van der Waals surface area contributed by atoms with Crippen LogP contribution in [0.25, 0.3) is 0 Å². The van der Waals surface area contributed by atoms with Gasteiger partial charge in [0.05, 0.1) is 12.8 Å². The molecule has 1 rings (SSSR count). The predicted octanol–water partition coefficient (Wildman–Crippen LogP) is 2.38. The zero-order valence-electron chi connectivity index (χ0n) is 6.80. The fraction of sp³-hybridized carbons (Fsp3) is 0.222. The molecule has 0 aliphatic heterocycles. The van der Waals surface area contributed by atoms with E-state index >= 15 is 0 Å². The first kappa shape index (κ1) is 9.26. The molecule has 0 amide bonds. The quantitative estimate of drug-likeness (QED) is 0.790. The van der Waals surface area contributed by atoms with Crippen molar-refractivity contribution in [3.05, 3.63) is 35.0 Å². The van der Waals surface area contributed by atoms with E-state index in [9.17, 15) is 0 Å². The molecule has 0 saturated carbocycles. The molecule has 12 heavy (non-hydrogen) atoms. The van der Waals surface area contributed by atoms with Gasteiger partial charge in [0.2, 0.25) is 5.88 Å². The minimum absolute atomic E-state index is 0.614. The van der Waals surface area contributed by atoms with Gasteiger partial charge in [-0.1, -0.05) is 6.58 Å². The van der Waals surface area contributed by atoms with Crippen LogP contribution in [0.1, 0.15) is 5.69 Å². The molecule has 1 aromatic heterocycles. The number of aromatic nitrogens is 1. The fourth-order valence-corrected chi connectivity index (χ4v) is 1.18. The smallest absolute Gasteiger partial charge is 0.213 e. The van der Waals surface area contributed by atoms with E-state index in [0.29, 0.717) is 12.3 Å². The molecular formula is C9H9BrNO. The first-order valence-corrected chi connectivity index (χ1v) is 4.26. The molecule has 1 radical (unpaired) electrons. The highest BCUT2D eigenvalue weighted by Gasteiger charge is 2.01. The number of methoxy groups -OCH3 is 1. The van der Waals surface area contributed by atoms with E-state index in [-0.39, 0.29) is 0 Å². The third kappa shape index (κ3) is 2.08. The Morgan fingerprint density at radius 1 is 1.67 bits per heavy atom. The third-order valence-corrected chi connectivity index (χ3v) is 2.12. The normalized spacial score (nSPS) is 9.50. The van der Waals surface area contributed by atoms with Gasteiger partial charge in [0, 0.05) is 17.0 Å². The molecular weight excluding hydrogens is 218 g/mol. The van der Waals surface area contributed by atoms with Crippen LogP contribution >= 0.6 is 15.9 Å². The molecule has 0 aliphatic carbocycles. The lowest BCUT2D eigenvalue weighted by Gasteiger charge is -2.02. The molecule has 0 spiro atoms. The zero-order chi connectivity index (χ0) is 8.97. The first-order valence-electron chi connectivity index (χ1n) is 3.47. The van der Waals surface area contributed by atoms with Crippen molar-refractivity contribution in [3.63, 3.8) is 0 Å². The number of allylic oxidation sites excluding steroid dienone is 1. The zero-order valence-corrected chi connectivity index (χ0v) is 8.39. The van der Waals surface area contributed by atoms with Crippen LogP contribution in [0.15, 0.2) is 23.2 Å². The van der Waals surface area contributed by atoms with Crippen LogP contribution in [0, 0.1) is 6.08 Å². The number of hydrogen-bond acceptors (Lipinski definition) is 2. The van der Waals surface area contributed by atoms with Crippen molar-refractivity contribution in [1.29, 1.82) is 0 Å². The Morgan fingerprint density at radius 2 is 2.42 bits per heavy atom. The van der Waals surface area contributed by atoms with Gasteiger partial charge < -0.3 is 4.74 Å². The van der Waals surface area contributed by atoms with E-state index in [0.717, 1.165) is 10.2 Å². The lowest BCUT2D eigenvalue weighted by molar-refractivity contribution is 0.396. The number of halogens is 1. The van der Waals surface area contributed by atoms with Crippen LogP contribution in [-0.4, -0.2) is 12.1 Å². The molecule has 0 atom stereocenters. The van der Waals surface area contributed by atoms with E-state index in [1.807, 2.05) is 6.07 Å². The van der Waals surface area contributed by atoms with Crippen LogP contribution in [-0.2, 0) is 6.42 Å². The summed E-state index contributed by atoms with van der Waals surface area (Å²) < 4.78 is 5.93. The van der Waals surface area contributed by atoms with Gasteiger partial charge in [-0.15, -0.1) is 0 Å². The highest BCUT2D eigenvalue weighted by molar-refractivity contribution is 9.10. The van der Waals surface area contributed by atoms with Crippen LogP contribution < -0.4 is 4.74 Å². The monoisotopic (exact) mass is 226 g/mol. The SMILES string of the molecule is C=[C]Cc1nc(OC)ccc1Br. The summed E-state index contributed by atoms with van der Waals surface area (Å²) in [6.45, 7) is 3.53. The number of rotatable bonds is 3. The largest absolute Gasteiger partial charge is 0.481 e. The molecule has 0 bridgehead atoms. The van der Waals surface area contributed by atoms with Crippen LogP contribution in [0.3, 0.4) is 0 Å². The lowest BCUT2D eigenvalue weighted by Crippen LogP contribution is -1.93. The molecule has 0 unspecified atom stereocenters. The predicted molar refractivity (Wildman–Crippen MR) is 51.1 cm³/mol. The Balaban J connectivity index is 2.99. The summed E-state index contributed by atoms with van der Waals surface area (Å²) in [4.78, 5) is 4.21. The Labute approximate surface area is 80.4 Å². The second-order valence-electron chi connectivity index (χ2n) is 2.21. The molecule has 1 heterocycles. The maximum atomic E-state index is 4.98. The maximum absolute atomic E-state index is 4.98. The van der Waals surface area contributed by atoms with Crippen LogP contribution in [0.2, 0.25) is 0 Å². The number of ether oxygens (including phenoxy) is 1. The average Bonchev–Trinajstić information content (AvgIpc) is 2.09. The molecule has 0 fully saturated rings. The van der Waals surface area contributed by atoms with Gasteiger partial charge >= 0.3 is 0 Å². The second kappa shape index (κ2) is 4.26. The molecule has 0 aliphatic rings. The topological polar surface area (TPSA) is 22.1 Å². The average molecular weight is 227 g/mol. The van der Waals surface area contributed by atoms with Gasteiger partial charge in [0.1, 0.15) is 0 Å². The van der Waals surface area contributed by atoms with E-state index in [2.05, 4.69) is 33.6 Å². The molecule has 3 heteroatoms. The van der Waals surface area contributed by atoms with Gasteiger partial charge in [-0.3, -0.25) is 0 Å². The minimum atomic E-state index is 0.614. The van der Waals surface area contributed by atoms with Gasteiger partial charge in [0.25, 0.3) is 0 Å². The van der Waals surface area contributed by atoms with Crippen molar-refractivity contribution < 1.29 is 4.74 Å². The summed E-state index contributed by atoms with van der Waals surface area (Å²) in [5.74, 6) is 0.614. The summed E-state index contributed by atoms with van der Waals surface area (Å²) in [6.07, 6.45) is 3.40. The highest BCUT2D eigenvalue weighted by Crippen LogP contribution is 2.18. The van der Waals surface area contributed by atoms with Gasteiger partial charge in [-0.25, -0.2) is 4.98 Å². The standard InChI is InChI=1S/C9H9BrNO/c1-3-4-8-7(10)5-6-9(11-8)12-2/h5-6H,1,4H2,2H3. The molecule has 0 N–H and O–H groups in total. The lowest BCUT2D eigenvalue weighted by atomic mass is 10.3. The van der Waals surface area contributed by atoms with Crippen molar-refractivity contribution in [2.45, 2.75) is 6.42 Å². The van der Waals surface area contributed by atoms with E-state index in [4.69, 9.17) is 4.74 Å². The maximum Gasteiger partial charge on any atom is 0.213 e. The second-order valence-corrected chi connectivity index (χ2v) is 3.06. The molecule has 0 saturated heterocycles. The summed E-state index contributed by atoms with van der Waals surface area (Å²) in [6, 6.07) is 3.70. The van der Waals surface area contributed by atoms with Gasteiger partial charge in [0.15, 0.2) is 0 Å². The summed E-state index contributed by atoms with van der Waals surface area (Å²) in [7, 11) is 1.59. The summed E-state index contributed by atoms with van der Waals surface area (Å²) >= 11 is 3.37. The van der Waals surface area contributed by atoms with Crippen molar-refractivity contribution in [2.75, 3.05) is 7.11 Å². The van der Waals surface area contributed by atoms with Crippen molar-refractivity contribution in [1.82, 2.24) is 4.98 Å². The molecule has 0 aromatic carbocycles. The van der Waals surface area contributed by atoms with Crippen molar-refractivity contribution in [3.8, 4) is 5.88 Å². The number of hydrogen-bond donors (Lipinski definition) is 0. The van der Waals surface area contributed by atoms with Crippen molar-refractivity contribution >= 4 is 15.9 Å². The number of pyridine rings is 1. The van der Waals surface area contributed by atoms with Gasteiger partial charge in [-0.2, -0.15) is 0 Å². The highest BCUT2D eigenvalue weighted by atomic mass is 79.9. The third-order valence-electron chi connectivity index (χ3n) is 1.39. The first-order chi connectivity index (χ1) is 5.77. The summed E-state index contributed by atoms with van der Waals surface area (Å²) in [5.41, 5.74) is 0.893. The van der Waals surface area contributed by atoms with Crippen molar-refractivity contribution in [2.24, 2.45) is 0 Å². The Morgan fingerprint density at radius 3 is 3.00 bits per heavy atom.